The molecule has 12 heteroatoms. The number of fused-ring (bicyclic) bond motifs is 5. The number of esters is 2. The topological polar surface area (TPSA) is 147 Å². The molecule has 2 N–H and O–H groups in total. The number of carbonyl (C=O) groups is 3. The van der Waals surface area contributed by atoms with Crippen molar-refractivity contribution in [1.29, 1.82) is 0 Å². The number of rotatable bonds is 9. The molecule has 4 fully saturated rings. The van der Waals surface area contributed by atoms with Crippen molar-refractivity contribution in [3.8, 4) is 5.75 Å². The highest BCUT2D eigenvalue weighted by atomic mass is 32.2. The third kappa shape index (κ3) is 6.26. The van der Waals surface area contributed by atoms with Gasteiger partial charge in [0.2, 0.25) is 0 Å². The average Bonchev–Trinajstić information content (AvgIpc) is 3.61. The Bertz CT molecular complexity index is 1830. The summed E-state index contributed by atoms with van der Waals surface area (Å²) in [7, 11) is 1.60. The maximum Gasteiger partial charge on any atom is 0.336 e. The zero-order chi connectivity index (χ0) is 39.7. The summed E-state index contributed by atoms with van der Waals surface area (Å²) >= 11 is 1.46. The van der Waals surface area contributed by atoms with Crippen LogP contribution in [0.4, 0.5) is 0 Å². The van der Waals surface area contributed by atoms with E-state index in [-0.39, 0.29) is 25.4 Å². The van der Waals surface area contributed by atoms with Crippen LogP contribution in [0.3, 0.4) is 0 Å². The van der Waals surface area contributed by atoms with Gasteiger partial charge in [-0.2, -0.15) is 0 Å². The fourth-order valence-corrected chi connectivity index (χ4v) is 11.2. The lowest BCUT2D eigenvalue weighted by atomic mass is 9.42. The molecule has 2 heterocycles. The second kappa shape index (κ2) is 14.6. The van der Waals surface area contributed by atoms with Crippen LogP contribution in [0.25, 0.3) is 0 Å². The molecule has 298 valence electrons. The SMILES string of the molecule is COc1ccc([C@@H]2C[C@@H](c3ccccc3)C(C(=O)OC3CC4(O)[C@@H](C)C5C6(O)COC6CC(OCSC)[C@@]5(C)C(=O)C(OC(C)=O)C(=C3C)C4(C)C)O2)cc1. The van der Waals surface area contributed by atoms with Gasteiger partial charge < -0.3 is 38.6 Å². The number of methoxy groups -OCH3 is 1. The maximum atomic E-state index is 15.3. The van der Waals surface area contributed by atoms with Crippen molar-refractivity contribution in [2.75, 3.05) is 25.9 Å². The van der Waals surface area contributed by atoms with Gasteiger partial charge in [0.05, 0.1) is 49.0 Å². The van der Waals surface area contributed by atoms with E-state index in [1.165, 1.54) is 18.7 Å². The number of ketones is 1. The molecule has 2 aromatic rings. The fourth-order valence-electron chi connectivity index (χ4n) is 10.9. The van der Waals surface area contributed by atoms with Gasteiger partial charge >= 0.3 is 11.9 Å². The third-order valence-electron chi connectivity index (χ3n) is 13.8. The molecule has 8 unspecified atom stereocenters. The molecular weight excluding hydrogens is 725 g/mol. The van der Waals surface area contributed by atoms with E-state index >= 15 is 4.79 Å². The summed E-state index contributed by atoms with van der Waals surface area (Å²) in [6.07, 6.45) is -2.49. The molecule has 7 rings (SSSR count). The molecule has 5 aliphatic rings. The maximum absolute atomic E-state index is 15.3. The van der Waals surface area contributed by atoms with Gasteiger partial charge in [-0.1, -0.05) is 63.2 Å². The molecule has 2 bridgehead atoms. The molecule has 2 aromatic carbocycles. The molecule has 0 spiro atoms. The number of carbonyl (C=O) groups excluding carboxylic acids is 3. The second-order valence-corrected chi connectivity index (χ2v) is 17.7. The lowest BCUT2D eigenvalue weighted by Crippen LogP contribution is -2.79. The van der Waals surface area contributed by atoms with Crippen LogP contribution < -0.4 is 4.74 Å². The molecule has 11 nitrogen and oxygen atoms in total. The van der Waals surface area contributed by atoms with Gasteiger partial charge in [0.1, 0.15) is 17.5 Å². The lowest BCUT2D eigenvalue weighted by molar-refractivity contribution is -0.338. The fraction of sp³-hybridized carbons (Fsp3) is 0.605. The number of ether oxygens (including phenoxy) is 6. The number of hydrogen-bond donors (Lipinski definition) is 2. The summed E-state index contributed by atoms with van der Waals surface area (Å²) in [5, 5.41) is 25.7. The molecule has 12 atom stereocenters. The van der Waals surface area contributed by atoms with E-state index in [1.807, 2.05) is 81.6 Å². The molecule has 0 aromatic heterocycles. The Morgan fingerprint density at radius 1 is 0.982 bits per heavy atom. The highest BCUT2D eigenvalue weighted by Gasteiger charge is 2.75. The van der Waals surface area contributed by atoms with Crippen molar-refractivity contribution in [1.82, 2.24) is 0 Å². The molecule has 2 aliphatic heterocycles. The first-order valence-electron chi connectivity index (χ1n) is 19.2. The summed E-state index contributed by atoms with van der Waals surface area (Å²) in [5.41, 5.74) is -2.96. The van der Waals surface area contributed by atoms with Crippen LogP contribution >= 0.6 is 11.8 Å². The monoisotopic (exact) mass is 778 g/mol. The van der Waals surface area contributed by atoms with Crippen molar-refractivity contribution >= 4 is 29.5 Å². The van der Waals surface area contributed by atoms with Gasteiger partial charge in [-0.05, 0) is 66.8 Å². The highest BCUT2D eigenvalue weighted by molar-refractivity contribution is 7.98. The number of thioether (sulfide) groups is 1. The van der Waals surface area contributed by atoms with Crippen LogP contribution in [0.1, 0.15) is 84.0 Å². The Morgan fingerprint density at radius 3 is 2.27 bits per heavy atom. The summed E-state index contributed by atoms with van der Waals surface area (Å²) in [4.78, 5) is 42.8. The van der Waals surface area contributed by atoms with Gasteiger partial charge in [-0.3, -0.25) is 9.59 Å². The molecular formula is C43H54O11S. The highest BCUT2D eigenvalue weighted by Crippen LogP contribution is 2.65. The van der Waals surface area contributed by atoms with Crippen LogP contribution in [0.2, 0.25) is 0 Å². The third-order valence-corrected chi connectivity index (χ3v) is 14.2. The Hall–Kier alpha value is -3.26. The Morgan fingerprint density at radius 2 is 1.67 bits per heavy atom. The first-order chi connectivity index (χ1) is 26.0. The van der Waals surface area contributed by atoms with Crippen molar-refractivity contribution in [3.63, 3.8) is 0 Å². The Kier molecular flexibility index (Phi) is 10.6. The predicted molar refractivity (Wildman–Crippen MR) is 204 cm³/mol. The van der Waals surface area contributed by atoms with Crippen LogP contribution in [0, 0.1) is 22.7 Å². The van der Waals surface area contributed by atoms with E-state index in [9.17, 15) is 19.8 Å². The minimum absolute atomic E-state index is 0.0189. The lowest BCUT2D eigenvalue weighted by Gasteiger charge is -2.67. The van der Waals surface area contributed by atoms with Crippen LogP contribution in [-0.2, 0) is 38.1 Å². The van der Waals surface area contributed by atoms with Gasteiger partial charge in [0, 0.05) is 37.0 Å². The van der Waals surface area contributed by atoms with E-state index in [0.29, 0.717) is 29.3 Å². The Labute approximate surface area is 327 Å². The molecule has 55 heavy (non-hydrogen) atoms. The van der Waals surface area contributed by atoms with Crippen molar-refractivity contribution in [2.45, 2.75) is 115 Å². The van der Waals surface area contributed by atoms with Gasteiger partial charge in [-0.25, -0.2) is 4.79 Å². The second-order valence-electron chi connectivity index (χ2n) is 16.8. The Balaban J connectivity index is 1.30. The standard InChI is InChI=1S/C43H54O11S/c1-23-31(54-39(46)35-29(26-12-10-9-11-13-26)18-30(53-35)27-14-16-28(49-7)17-15-27)20-43(48)24(2)37-41(6,32(51-22-55-8)19-33-42(37,47)21-50-33)38(45)36(52-25(3)44)34(23)40(43,4)5/h9-17,24,29-33,35-37,47-48H,18-22H2,1-8H3/t24-,29-,30-,31?,32?,33?,35?,36?,37?,41+,42?,43?/m0/s1. The molecule has 0 radical (unpaired) electrons. The summed E-state index contributed by atoms with van der Waals surface area (Å²) in [5.74, 6) is -2.64. The zero-order valence-electron chi connectivity index (χ0n) is 32.9. The van der Waals surface area contributed by atoms with Crippen molar-refractivity contribution in [3.05, 3.63) is 76.9 Å². The van der Waals surface area contributed by atoms with Crippen LogP contribution in [-0.4, -0.2) is 95.6 Å². The minimum Gasteiger partial charge on any atom is -0.497 e. The first-order valence-corrected chi connectivity index (χ1v) is 20.6. The van der Waals surface area contributed by atoms with Crippen molar-refractivity contribution in [2.24, 2.45) is 22.7 Å². The first kappa shape index (κ1) is 40.0. The predicted octanol–water partition coefficient (Wildman–Crippen LogP) is 5.71. The van der Waals surface area contributed by atoms with E-state index in [1.54, 1.807) is 21.0 Å². The number of benzene rings is 2. The van der Waals surface area contributed by atoms with Crippen LogP contribution in [0.5, 0.6) is 5.75 Å². The minimum atomic E-state index is -1.67. The number of Topliss-reactive ketones (excluding diaryl/α,β-unsaturated/α-hetero) is 1. The largest absolute Gasteiger partial charge is 0.497 e. The van der Waals surface area contributed by atoms with Gasteiger partial charge in [-0.15, -0.1) is 11.8 Å². The number of aliphatic hydroxyl groups is 2. The molecule has 2 saturated carbocycles. The van der Waals surface area contributed by atoms with Gasteiger partial charge in [0.25, 0.3) is 0 Å². The normalized spacial score (nSPS) is 39.2. The molecule has 3 aliphatic carbocycles. The summed E-state index contributed by atoms with van der Waals surface area (Å²) in [6.45, 7) is 10.3. The zero-order valence-corrected chi connectivity index (χ0v) is 33.7. The van der Waals surface area contributed by atoms with E-state index in [4.69, 9.17) is 28.4 Å². The smallest absolute Gasteiger partial charge is 0.336 e. The molecule has 0 amide bonds. The average molecular weight is 779 g/mol. The summed E-state index contributed by atoms with van der Waals surface area (Å²) < 4.78 is 36.6. The van der Waals surface area contributed by atoms with Crippen molar-refractivity contribution < 1.29 is 53.0 Å². The van der Waals surface area contributed by atoms with E-state index < -0.39 is 88.2 Å². The van der Waals surface area contributed by atoms with E-state index in [0.717, 1.165) is 11.1 Å². The molecule has 2 saturated heterocycles. The van der Waals surface area contributed by atoms with Crippen LogP contribution in [0.15, 0.2) is 65.7 Å². The van der Waals surface area contributed by atoms with E-state index in [2.05, 4.69) is 0 Å². The quantitative estimate of drug-likeness (QED) is 0.183. The number of hydrogen-bond acceptors (Lipinski definition) is 12. The van der Waals surface area contributed by atoms with Gasteiger partial charge in [0.15, 0.2) is 18.0 Å². The summed E-state index contributed by atoms with van der Waals surface area (Å²) in [6, 6.07) is 17.3.